The van der Waals surface area contributed by atoms with Crippen LogP contribution in [0.3, 0.4) is 0 Å². The van der Waals surface area contributed by atoms with Gasteiger partial charge in [0, 0.05) is 11.7 Å². The van der Waals surface area contributed by atoms with Crippen molar-refractivity contribution in [2.45, 2.75) is 19.9 Å². The Morgan fingerprint density at radius 3 is 2.69 bits per heavy atom. The van der Waals surface area contributed by atoms with Gasteiger partial charge in [0.2, 0.25) is 5.96 Å². The maximum Gasteiger partial charge on any atom is 0.210 e. The summed E-state index contributed by atoms with van der Waals surface area (Å²) in [6.45, 7) is 3.84. The van der Waals surface area contributed by atoms with Crippen LogP contribution >= 0.6 is 15.9 Å². The Bertz CT molecular complexity index is 392. The zero-order valence-corrected chi connectivity index (χ0v) is 10.7. The molecule has 1 aromatic carbocycles. The summed E-state index contributed by atoms with van der Waals surface area (Å²) >= 11 is 3.08. The summed E-state index contributed by atoms with van der Waals surface area (Å²) in [5.41, 5.74) is 3.00. The molecule has 0 aliphatic rings. The molecular formula is C10H14BrFN4. The fraction of sp³-hybridized carbons (Fsp3) is 0.300. The van der Waals surface area contributed by atoms with Crippen LogP contribution < -0.4 is 16.6 Å². The van der Waals surface area contributed by atoms with E-state index in [4.69, 9.17) is 5.84 Å². The molecule has 0 amide bonds. The van der Waals surface area contributed by atoms with Gasteiger partial charge in [0.1, 0.15) is 5.82 Å². The molecule has 88 valence electrons. The molecule has 0 bridgehead atoms. The lowest BCUT2D eigenvalue weighted by Gasteiger charge is -2.10. The number of hydrogen-bond donors (Lipinski definition) is 3. The van der Waals surface area contributed by atoms with E-state index in [0.29, 0.717) is 16.1 Å². The lowest BCUT2D eigenvalue weighted by Crippen LogP contribution is -2.37. The van der Waals surface area contributed by atoms with Crippen molar-refractivity contribution >= 4 is 27.6 Å². The van der Waals surface area contributed by atoms with Gasteiger partial charge in [0.15, 0.2) is 0 Å². The molecule has 0 saturated heterocycles. The number of nitrogens with two attached hydrogens (primary N) is 1. The van der Waals surface area contributed by atoms with E-state index in [1.807, 2.05) is 13.8 Å². The second-order valence-electron chi connectivity index (χ2n) is 3.47. The average Bonchev–Trinajstić information content (AvgIpc) is 2.22. The van der Waals surface area contributed by atoms with Crippen LogP contribution in [0.25, 0.3) is 0 Å². The summed E-state index contributed by atoms with van der Waals surface area (Å²) in [6.07, 6.45) is 0. The second-order valence-corrected chi connectivity index (χ2v) is 4.32. The van der Waals surface area contributed by atoms with Crippen LogP contribution in [-0.4, -0.2) is 12.0 Å². The molecule has 0 fully saturated rings. The lowest BCUT2D eigenvalue weighted by atomic mass is 10.3. The molecule has 0 aliphatic carbocycles. The standard InChI is InChI=1S/C10H14BrFN4/c1-6(2)14-10(16-13)15-7-3-4-8(11)9(12)5-7/h3-6H,13H2,1-2H3,(H2,14,15,16). The minimum Gasteiger partial charge on any atom is -0.325 e. The number of halogens is 2. The van der Waals surface area contributed by atoms with E-state index in [-0.39, 0.29) is 11.9 Å². The Kier molecular flexibility index (Phi) is 4.70. The molecule has 0 radical (unpaired) electrons. The molecule has 0 spiro atoms. The van der Waals surface area contributed by atoms with Gasteiger partial charge >= 0.3 is 0 Å². The minimum atomic E-state index is -0.342. The minimum absolute atomic E-state index is 0.0962. The first kappa shape index (κ1) is 12.9. The van der Waals surface area contributed by atoms with E-state index in [1.165, 1.54) is 6.07 Å². The highest BCUT2D eigenvalue weighted by Gasteiger charge is 2.03. The Labute approximate surface area is 102 Å². The summed E-state index contributed by atoms with van der Waals surface area (Å²) in [5, 5.41) is 2.88. The van der Waals surface area contributed by atoms with Crippen molar-refractivity contribution in [2.75, 3.05) is 5.32 Å². The molecular weight excluding hydrogens is 275 g/mol. The first-order valence-corrected chi connectivity index (χ1v) is 5.58. The highest BCUT2D eigenvalue weighted by Crippen LogP contribution is 2.19. The van der Waals surface area contributed by atoms with Crippen molar-refractivity contribution in [3.05, 3.63) is 28.5 Å². The summed E-state index contributed by atoms with van der Waals surface area (Å²) < 4.78 is 13.6. The third-order valence-corrected chi connectivity index (χ3v) is 2.35. The van der Waals surface area contributed by atoms with Crippen molar-refractivity contribution in [3.63, 3.8) is 0 Å². The zero-order chi connectivity index (χ0) is 12.1. The molecule has 4 N–H and O–H groups in total. The van der Waals surface area contributed by atoms with Gasteiger partial charge in [-0.1, -0.05) is 0 Å². The lowest BCUT2D eigenvalue weighted by molar-refractivity contribution is 0.622. The van der Waals surface area contributed by atoms with Crippen LogP contribution in [0.15, 0.2) is 27.7 Å². The first-order chi connectivity index (χ1) is 7.52. The smallest absolute Gasteiger partial charge is 0.210 e. The van der Waals surface area contributed by atoms with Gasteiger partial charge < -0.3 is 5.32 Å². The molecule has 0 unspecified atom stereocenters. The van der Waals surface area contributed by atoms with Crippen LogP contribution in [0.5, 0.6) is 0 Å². The third kappa shape index (κ3) is 3.79. The molecule has 6 heteroatoms. The van der Waals surface area contributed by atoms with Crippen molar-refractivity contribution in [3.8, 4) is 0 Å². The molecule has 0 aromatic heterocycles. The maximum atomic E-state index is 13.2. The first-order valence-electron chi connectivity index (χ1n) is 4.79. The second kappa shape index (κ2) is 5.81. The van der Waals surface area contributed by atoms with Gasteiger partial charge in [-0.05, 0) is 48.0 Å². The third-order valence-electron chi connectivity index (χ3n) is 1.71. The summed E-state index contributed by atoms with van der Waals surface area (Å²) in [5.74, 6) is 5.35. The van der Waals surface area contributed by atoms with Crippen molar-refractivity contribution in [1.29, 1.82) is 0 Å². The summed E-state index contributed by atoms with van der Waals surface area (Å²) in [7, 11) is 0. The van der Waals surface area contributed by atoms with Crippen LogP contribution in [0, 0.1) is 5.82 Å². The Morgan fingerprint density at radius 2 is 2.19 bits per heavy atom. The van der Waals surface area contributed by atoms with Crippen LogP contribution in [0.1, 0.15) is 13.8 Å². The number of hydrogen-bond acceptors (Lipinski definition) is 2. The van der Waals surface area contributed by atoms with E-state index in [1.54, 1.807) is 12.1 Å². The number of nitrogens with one attached hydrogen (secondary N) is 2. The van der Waals surface area contributed by atoms with Crippen molar-refractivity contribution in [2.24, 2.45) is 10.8 Å². The predicted molar refractivity (Wildman–Crippen MR) is 67.6 cm³/mol. The van der Waals surface area contributed by atoms with E-state index in [9.17, 15) is 4.39 Å². The quantitative estimate of drug-likeness (QED) is 0.338. The van der Waals surface area contributed by atoms with Gasteiger partial charge in [0.25, 0.3) is 0 Å². The predicted octanol–water partition coefficient (Wildman–Crippen LogP) is 2.23. The monoisotopic (exact) mass is 288 g/mol. The van der Waals surface area contributed by atoms with Gasteiger partial charge in [-0.25, -0.2) is 15.2 Å². The molecule has 1 aromatic rings. The fourth-order valence-electron chi connectivity index (χ4n) is 1.07. The Hall–Kier alpha value is -1.14. The number of guanidine groups is 1. The number of benzene rings is 1. The molecule has 4 nitrogen and oxygen atoms in total. The molecule has 16 heavy (non-hydrogen) atoms. The number of anilines is 1. The highest BCUT2D eigenvalue weighted by molar-refractivity contribution is 9.10. The van der Waals surface area contributed by atoms with E-state index in [0.717, 1.165) is 0 Å². The van der Waals surface area contributed by atoms with Gasteiger partial charge in [-0.15, -0.1) is 0 Å². The average molecular weight is 289 g/mol. The number of nitrogens with zero attached hydrogens (tertiary/aromatic N) is 1. The number of hydrazine groups is 1. The van der Waals surface area contributed by atoms with Gasteiger partial charge in [-0.2, -0.15) is 0 Å². The molecule has 0 aliphatic heterocycles. The normalized spacial score (nSPS) is 11.8. The largest absolute Gasteiger partial charge is 0.325 e. The highest BCUT2D eigenvalue weighted by atomic mass is 79.9. The van der Waals surface area contributed by atoms with E-state index < -0.39 is 0 Å². The molecule has 0 saturated carbocycles. The Balaban J connectivity index is 2.82. The zero-order valence-electron chi connectivity index (χ0n) is 9.09. The van der Waals surface area contributed by atoms with Crippen LogP contribution in [0.4, 0.5) is 10.1 Å². The summed E-state index contributed by atoms with van der Waals surface area (Å²) in [6, 6.07) is 4.79. The number of rotatable bonds is 2. The topological polar surface area (TPSA) is 62.4 Å². The van der Waals surface area contributed by atoms with Gasteiger partial charge in [-0.3, -0.25) is 5.43 Å². The van der Waals surface area contributed by atoms with Crippen LogP contribution in [0.2, 0.25) is 0 Å². The van der Waals surface area contributed by atoms with E-state index in [2.05, 4.69) is 31.7 Å². The molecule has 0 atom stereocenters. The Morgan fingerprint density at radius 1 is 1.50 bits per heavy atom. The van der Waals surface area contributed by atoms with E-state index >= 15 is 0 Å². The SMILES string of the molecule is CC(C)N=C(NN)Nc1ccc(Br)c(F)c1. The molecule has 1 rings (SSSR count). The van der Waals surface area contributed by atoms with Gasteiger partial charge in [0.05, 0.1) is 4.47 Å². The number of aliphatic imine (C=N–C) groups is 1. The summed E-state index contributed by atoms with van der Waals surface area (Å²) in [4.78, 5) is 4.18. The van der Waals surface area contributed by atoms with Crippen molar-refractivity contribution < 1.29 is 4.39 Å². The van der Waals surface area contributed by atoms with Crippen LogP contribution in [-0.2, 0) is 0 Å². The fourth-order valence-corrected chi connectivity index (χ4v) is 1.32. The van der Waals surface area contributed by atoms with Crippen molar-refractivity contribution in [1.82, 2.24) is 5.43 Å². The molecule has 0 heterocycles. The maximum absolute atomic E-state index is 13.2.